The van der Waals surface area contributed by atoms with Gasteiger partial charge in [0.1, 0.15) is 13.5 Å². The third-order valence-electron chi connectivity index (χ3n) is 3.99. The molecule has 2 fully saturated rings. The van der Waals surface area contributed by atoms with Crippen LogP contribution >= 0.6 is 0 Å². The molecule has 0 aromatic rings. The summed E-state index contributed by atoms with van der Waals surface area (Å²) in [6.07, 6.45) is -2.46. The lowest BCUT2D eigenvalue weighted by Gasteiger charge is -2.21. The average molecular weight is 442 g/mol. The van der Waals surface area contributed by atoms with Crippen LogP contribution in [0.25, 0.3) is 0 Å². The minimum Gasteiger partial charge on any atom is -0.376 e. The first kappa shape index (κ1) is 23.0. The second kappa shape index (κ2) is 9.50. The Morgan fingerprint density at radius 1 is 0.968 bits per heavy atom. The lowest BCUT2D eigenvalue weighted by Crippen LogP contribution is -2.56. The van der Waals surface area contributed by atoms with Gasteiger partial charge in [-0.15, -0.1) is 0 Å². The Labute approximate surface area is 173 Å². The van der Waals surface area contributed by atoms with Gasteiger partial charge >= 0.3 is 24.1 Å². The molecule has 2 heterocycles. The van der Waals surface area contributed by atoms with E-state index in [1.807, 2.05) is 10.6 Å². The molecule has 2 saturated heterocycles. The van der Waals surface area contributed by atoms with Crippen molar-refractivity contribution in [1.29, 1.82) is 0 Å². The fraction of sp³-hybridized carbons (Fsp3) is 0.357. The van der Waals surface area contributed by atoms with Crippen molar-refractivity contribution in [3.05, 3.63) is 12.7 Å². The molecule has 168 valence electrons. The van der Waals surface area contributed by atoms with Gasteiger partial charge in [-0.2, -0.15) is 4.90 Å². The normalized spacial score (nSPS) is 20.5. The van der Waals surface area contributed by atoms with Crippen LogP contribution in [-0.4, -0.2) is 99.2 Å². The first-order valence-corrected chi connectivity index (χ1v) is 8.39. The number of hydrogen-bond acceptors (Lipinski definition) is 9. The van der Waals surface area contributed by atoms with Crippen LogP contribution in [-0.2, 0) is 14.4 Å². The van der Waals surface area contributed by atoms with Crippen LogP contribution in [0.2, 0.25) is 0 Å². The predicted molar refractivity (Wildman–Crippen MR) is 94.6 cm³/mol. The molecule has 11 amide bonds. The lowest BCUT2D eigenvalue weighted by molar-refractivity contribution is -0.137. The Bertz CT molecular complexity index is 846. The number of hydrogen-bond donors (Lipinski definition) is 7. The molecule has 0 bridgehead atoms. The van der Waals surface area contributed by atoms with Crippen molar-refractivity contribution in [2.45, 2.75) is 12.3 Å². The third kappa shape index (κ3) is 4.67. The van der Waals surface area contributed by atoms with Crippen molar-refractivity contribution in [1.82, 2.24) is 41.3 Å². The second-order valence-corrected chi connectivity index (χ2v) is 5.80. The SMILES string of the molecule is C=CC(=O)N1C(=O)C(NC(=O)NCNC(=O)NC2C(=O)NC(=O)N2CO)N(CO)C1=O. The first-order valence-electron chi connectivity index (χ1n) is 8.39. The van der Waals surface area contributed by atoms with Crippen molar-refractivity contribution in [2.24, 2.45) is 0 Å². The molecule has 0 aliphatic carbocycles. The molecule has 0 spiro atoms. The highest BCUT2D eigenvalue weighted by molar-refractivity contribution is 6.19. The maximum Gasteiger partial charge on any atom is 0.337 e. The standard InChI is InChI=1S/C14H18N8O9/c1-2-6(25)22-10(27)8(21(5-24)14(22)31)18-12(29)16-3-15-11(28)17-7-9(26)19-13(30)20(7)4-23/h2,7-8,23-24H,1,3-5H2,(H2,15,17,28)(H2,16,18,29)(H,19,26,30). The van der Waals surface area contributed by atoms with Crippen molar-refractivity contribution in [3.63, 3.8) is 0 Å². The van der Waals surface area contributed by atoms with Gasteiger partial charge in [0.2, 0.25) is 0 Å². The van der Waals surface area contributed by atoms with E-state index in [-0.39, 0.29) is 4.90 Å². The summed E-state index contributed by atoms with van der Waals surface area (Å²) in [5.41, 5.74) is 0. The molecular formula is C14H18N8O9. The summed E-state index contributed by atoms with van der Waals surface area (Å²) in [4.78, 5) is 83.7. The summed E-state index contributed by atoms with van der Waals surface area (Å²) in [5, 5.41) is 28.5. The van der Waals surface area contributed by atoms with E-state index in [1.54, 1.807) is 0 Å². The molecule has 0 saturated carbocycles. The molecule has 31 heavy (non-hydrogen) atoms. The number of rotatable bonds is 7. The fourth-order valence-electron chi connectivity index (χ4n) is 2.51. The minimum atomic E-state index is -1.69. The topological polar surface area (TPSA) is 230 Å². The van der Waals surface area contributed by atoms with Crippen molar-refractivity contribution >= 4 is 41.8 Å². The van der Waals surface area contributed by atoms with Gasteiger partial charge in [0.25, 0.3) is 17.7 Å². The van der Waals surface area contributed by atoms with E-state index in [1.165, 1.54) is 0 Å². The number of nitrogens with one attached hydrogen (secondary N) is 5. The van der Waals surface area contributed by atoms with Crippen LogP contribution in [0.1, 0.15) is 0 Å². The lowest BCUT2D eigenvalue weighted by atomic mass is 10.4. The molecule has 0 radical (unpaired) electrons. The highest BCUT2D eigenvalue weighted by Gasteiger charge is 2.48. The van der Waals surface area contributed by atoms with Gasteiger partial charge in [-0.3, -0.25) is 29.5 Å². The van der Waals surface area contributed by atoms with E-state index in [4.69, 9.17) is 5.11 Å². The zero-order valence-electron chi connectivity index (χ0n) is 15.7. The van der Waals surface area contributed by atoms with E-state index >= 15 is 0 Å². The first-order chi connectivity index (χ1) is 14.7. The molecule has 0 aromatic heterocycles. The van der Waals surface area contributed by atoms with Crippen LogP contribution < -0.4 is 26.6 Å². The number of urea groups is 4. The molecular weight excluding hydrogens is 424 g/mol. The number of imide groups is 4. The monoisotopic (exact) mass is 442 g/mol. The fourth-order valence-corrected chi connectivity index (χ4v) is 2.51. The maximum atomic E-state index is 12.2. The summed E-state index contributed by atoms with van der Waals surface area (Å²) in [5.74, 6) is -3.07. The number of nitrogens with zero attached hydrogens (tertiary/aromatic N) is 3. The van der Waals surface area contributed by atoms with Gasteiger partial charge in [0.15, 0.2) is 12.3 Å². The van der Waals surface area contributed by atoms with Crippen LogP contribution in [0.4, 0.5) is 19.2 Å². The van der Waals surface area contributed by atoms with Gasteiger partial charge in [0.05, 0.1) is 6.67 Å². The van der Waals surface area contributed by atoms with Crippen molar-refractivity contribution in [2.75, 3.05) is 20.1 Å². The van der Waals surface area contributed by atoms with Crippen LogP contribution in [0.15, 0.2) is 12.7 Å². The summed E-state index contributed by atoms with van der Waals surface area (Å²) >= 11 is 0. The Kier molecular flexibility index (Phi) is 7.06. The zero-order chi connectivity index (χ0) is 23.3. The maximum absolute atomic E-state index is 12.2. The van der Waals surface area contributed by atoms with Gasteiger partial charge < -0.3 is 31.5 Å². The van der Waals surface area contributed by atoms with Crippen LogP contribution in [0.5, 0.6) is 0 Å². The van der Waals surface area contributed by atoms with Crippen LogP contribution in [0.3, 0.4) is 0 Å². The quantitative estimate of drug-likeness (QED) is 0.114. The van der Waals surface area contributed by atoms with E-state index in [9.17, 15) is 38.7 Å². The van der Waals surface area contributed by atoms with Gasteiger partial charge in [-0.05, 0) is 6.08 Å². The van der Waals surface area contributed by atoms with E-state index in [2.05, 4.69) is 22.5 Å². The number of aliphatic hydroxyl groups excluding tert-OH is 2. The van der Waals surface area contributed by atoms with Gasteiger partial charge in [-0.1, -0.05) is 6.58 Å². The number of amides is 11. The van der Waals surface area contributed by atoms with Crippen molar-refractivity contribution < 1.29 is 43.8 Å². The zero-order valence-corrected chi connectivity index (χ0v) is 15.7. The molecule has 2 unspecified atom stereocenters. The Morgan fingerprint density at radius 3 is 2.03 bits per heavy atom. The van der Waals surface area contributed by atoms with Crippen LogP contribution in [0, 0.1) is 0 Å². The largest absolute Gasteiger partial charge is 0.376 e. The Hall–Kier alpha value is -4.25. The smallest absolute Gasteiger partial charge is 0.337 e. The minimum absolute atomic E-state index is 0.181. The molecule has 2 rings (SSSR count). The highest BCUT2D eigenvalue weighted by Crippen LogP contribution is 2.15. The molecule has 2 atom stereocenters. The van der Waals surface area contributed by atoms with E-state index in [0.717, 1.165) is 0 Å². The molecule has 7 N–H and O–H groups in total. The van der Waals surface area contributed by atoms with E-state index < -0.39 is 74.3 Å². The Morgan fingerprint density at radius 2 is 1.52 bits per heavy atom. The number of carbonyl (C=O) groups excluding carboxylic acids is 7. The summed E-state index contributed by atoms with van der Waals surface area (Å²) in [6, 6.07) is -4.15. The molecule has 17 nitrogen and oxygen atoms in total. The third-order valence-corrected chi connectivity index (χ3v) is 3.99. The molecule has 2 aliphatic heterocycles. The van der Waals surface area contributed by atoms with E-state index in [0.29, 0.717) is 15.9 Å². The summed E-state index contributed by atoms with van der Waals surface area (Å²) < 4.78 is 0. The molecule has 0 aromatic carbocycles. The number of aliphatic hydroxyl groups is 2. The molecule has 17 heteroatoms. The molecule has 2 aliphatic rings. The highest BCUT2D eigenvalue weighted by atomic mass is 16.3. The predicted octanol–water partition coefficient (Wildman–Crippen LogP) is -4.38. The van der Waals surface area contributed by atoms with Crippen molar-refractivity contribution in [3.8, 4) is 0 Å². The summed E-state index contributed by atoms with van der Waals surface area (Å²) in [6.45, 7) is 0.772. The average Bonchev–Trinajstić information content (AvgIpc) is 3.12. The Balaban J connectivity index is 1.85. The van der Waals surface area contributed by atoms with Gasteiger partial charge in [-0.25, -0.2) is 19.2 Å². The van der Waals surface area contributed by atoms with Gasteiger partial charge in [0, 0.05) is 0 Å². The summed E-state index contributed by atoms with van der Waals surface area (Å²) in [7, 11) is 0. The second-order valence-electron chi connectivity index (χ2n) is 5.80. The number of carbonyl (C=O) groups is 7.